The zero-order valence-electron chi connectivity index (χ0n) is 13.1. The lowest BCUT2D eigenvalue weighted by atomic mass is 10.0. The Morgan fingerprint density at radius 1 is 1.35 bits per heavy atom. The van der Waals surface area contributed by atoms with Gasteiger partial charge in [-0.25, -0.2) is 0 Å². The van der Waals surface area contributed by atoms with Crippen LogP contribution in [0.4, 0.5) is 13.2 Å². The zero-order chi connectivity index (χ0) is 17.2. The average molecular weight is 325 g/mol. The Kier molecular flexibility index (Phi) is 4.77. The molecular weight excluding hydrogens is 307 g/mol. The molecule has 1 aromatic heterocycles. The number of alkyl halides is 3. The van der Waals surface area contributed by atoms with Gasteiger partial charge in [-0.3, -0.25) is 9.48 Å². The van der Waals surface area contributed by atoms with E-state index in [1.807, 2.05) is 31.2 Å². The van der Waals surface area contributed by atoms with Crippen LogP contribution in [-0.2, 0) is 12.7 Å². The normalized spacial score (nSPS) is 13.0. The van der Waals surface area contributed by atoms with Gasteiger partial charge < -0.3 is 5.32 Å². The summed E-state index contributed by atoms with van der Waals surface area (Å²) in [5.74, 6) is -0.784. The van der Waals surface area contributed by atoms with E-state index < -0.39 is 29.4 Å². The Hall–Kier alpha value is -2.31. The van der Waals surface area contributed by atoms with Crippen molar-refractivity contribution in [1.29, 1.82) is 0 Å². The van der Waals surface area contributed by atoms with Gasteiger partial charge in [0.05, 0.1) is 17.8 Å². The smallest absolute Gasteiger partial charge is 0.345 e. The van der Waals surface area contributed by atoms with E-state index in [2.05, 4.69) is 10.4 Å². The van der Waals surface area contributed by atoms with Crippen molar-refractivity contribution in [1.82, 2.24) is 15.1 Å². The van der Waals surface area contributed by atoms with Crippen LogP contribution in [0.1, 0.15) is 47.1 Å². The van der Waals surface area contributed by atoms with Gasteiger partial charge >= 0.3 is 6.18 Å². The number of carbonyl (C=O) groups excluding carboxylic acids is 1. The molecule has 0 aliphatic rings. The lowest BCUT2D eigenvalue weighted by Crippen LogP contribution is -2.29. The molecule has 1 aromatic carbocycles. The number of halogens is 3. The minimum Gasteiger partial charge on any atom is -0.345 e. The first-order valence-corrected chi connectivity index (χ1v) is 7.25. The molecule has 7 heteroatoms. The number of carbonyl (C=O) groups is 1. The molecule has 0 bridgehead atoms. The van der Waals surface area contributed by atoms with E-state index in [-0.39, 0.29) is 6.54 Å². The molecule has 0 saturated carbocycles. The largest absolute Gasteiger partial charge is 0.433 e. The standard InChI is InChI=1S/C16H18F3N3O/c1-4-22-14(16(17,18)19)13(9-20-22)15(23)21-11(3)12-8-6-5-7-10(12)2/h5-9,11H,4H2,1-3H3,(H,21,23)/t11-/m0/s1. The Morgan fingerprint density at radius 3 is 2.57 bits per heavy atom. The van der Waals surface area contributed by atoms with Crippen LogP contribution in [0.2, 0.25) is 0 Å². The van der Waals surface area contributed by atoms with Crippen molar-refractivity contribution in [3.05, 3.63) is 52.8 Å². The fourth-order valence-corrected chi connectivity index (χ4v) is 2.52. The first-order chi connectivity index (χ1) is 10.8. The molecule has 1 heterocycles. The van der Waals surface area contributed by atoms with Gasteiger partial charge in [0, 0.05) is 6.54 Å². The maximum absolute atomic E-state index is 13.2. The number of amides is 1. The molecule has 0 radical (unpaired) electrons. The van der Waals surface area contributed by atoms with E-state index in [0.29, 0.717) is 0 Å². The lowest BCUT2D eigenvalue weighted by Gasteiger charge is -2.17. The molecule has 0 aliphatic carbocycles. The molecule has 0 fully saturated rings. The summed E-state index contributed by atoms with van der Waals surface area (Å²) in [6, 6.07) is 6.99. The van der Waals surface area contributed by atoms with Crippen molar-refractivity contribution in [3.63, 3.8) is 0 Å². The van der Waals surface area contributed by atoms with Crippen LogP contribution >= 0.6 is 0 Å². The summed E-state index contributed by atoms with van der Waals surface area (Å²) >= 11 is 0. The van der Waals surface area contributed by atoms with Crippen LogP contribution < -0.4 is 5.32 Å². The highest BCUT2D eigenvalue weighted by Gasteiger charge is 2.39. The third-order valence-corrected chi connectivity index (χ3v) is 3.65. The third kappa shape index (κ3) is 3.55. The molecule has 4 nitrogen and oxygen atoms in total. The molecule has 1 N–H and O–H groups in total. The highest BCUT2D eigenvalue weighted by atomic mass is 19.4. The van der Waals surface area contributed by atoms with E-state index >= 15 is 0 Å². The predicted molar refractivity (Wildman–Crippen MR) is 80.0 cm³/mol. The van der Waals surface area contributed by atoms with Gasteiger partial charge in [-0.1, -0.05) is 24.3 Å². The first-order valence-electron chi connectivity index (χ1n) is 7.25. The summed E-state index contributed by atoms with van der Waals surface area (Å²) in [5, 5.41) is 6.27. The summed E-state index contributed by atoms with van der Waals surface area (Å²) in [5.41, 5.74) is 0.340. The van der Waals surface area contributed by atoms with Gasteiger partial charge in [-0.2, -0.15) is 18.3 Å². The highest BCUT2D eigenvalue weighted by molar-refractivity contribution is 5.95. The van der Waals surface area contributed by atoms with Crippen molar-refractivity contribution >= 4 is 5.91 Å². The molecule has 1 atom stereocenters. The number of hydrogen-bond acceptors (Lipinski definition) is 2. The van der Waals surface area contributed by atoms with Gasteiger partial charge in [-0.15, -0.1) is 0 Å². The number of aryl methyl sites for hydroxylation is 2. The van der Waals surface area contributed by atoms with Gasteiger partial charge in [0.2, 0.25) is 0 Å². The van der Waals surface area contributed by atoms with Crippen molar-refractivity contribution in [2.24, 2.45) is 0 Å². The monoisotopic (exact) mass is 325 g/mol. The molecule has 2 aromatic rings. The summed E-state index contributed by atoms with van der Waals surface area (Å²) in [6.07, 6.45) is -3.67. The number of nitrogens with zero attached hydrogens (tertiary/aromatic N) is 2. The molecule has 0 aliphatic heterocycles. The maximum atomic E-state index is 13.2. The minimum atomic E-state index is -4.63. The highest BCUT2D eigenvalue weighted by Crippen LogP contribution is 2.32. The van der Waals surface area contributed by atoms with Gasteiger partial charge in [0.25, 0.3) is 5.91 Å². The number of benzene rings is 1. The summed E-state index contributed by atoms with van der Waals surface area (Å²) in [7, 11) is 0. The Morgan fingerprint density at radius 2 is 2.00 bits per heavy atom. The van der Waals surface area contributed by atoms with Crippen molar-refractivity contribution < 1.29 is 18.0 Å². The molecule has 23 heavy (non-hydrogen) atoms. The Bertz CT molecular complexity index is 707. The maximum Gasteiger partial charge on any atom is 0.433 e. The first kappa shape index (κ1) is 17.1. The summed E-state index contributed by atoms with van der Waals surface area (Å²) in [6.45, 7) is 5.20. The van der Waals surface area contributed by atoms with Gasteiger partial charge in [-0.05, 0) is 31.9 Å². The van der Waals surface area contributed by atoms with Crippen LogP contribution in [-0.4, -0.2) is 15.7 Å². The molecule has 0 spiro atoms. The van der Waals surface area contributed by atoms with Crippen LogP contribution in [0.3, 0.4) is 0 Å². The third-order valence-electron chi connectivity index (χ3n) is 3.65. The minimum absolute atomic E-state index is 0.0372. The van der Waals surface area contributed by atoms with Gasteiger partial charge in [0.1, 0.15) is 0 Å². The van der Waals surface area contributed by atoms with Crippen LogP contribution in [0.25, 0.3) is 0 Å². The van der Waals surface area contributed by atoms with E-state index in [9.17, 15) is 18.0 Å². The SMILES string of the molecule is CCn1ncc(C(=O)N[C@@H](C)c2ccccc2C)c1C(F)(F)F. The number of aromatic nitrogens is 2. The number of rotatable bonds is 4. The van der Waals surface area contributed by atoms with Crippen molar-refractivity contribution in [2.75, 3.05) is 0 Å². The molecule has 2 rings (SSSR count). The molecule has 1 amide bonds. The Labute approximate surface area is 132 Å². The van der Waals surface area contributed by atoms with Crippen LogP contribution in [0, 0.1) is 6.92 Å². The van der Waals surface area contributed by atoms with E-state index in [1.165, 1.54) is 0 Å². The summed E-state index contributed by atoms with van der Waals surface area (Å²) in [4.78, 5) is 12.3. The second-order valence-electron chi connectivity index (χ2n) is 5.27. The van der Waals surface area contributed by atoms with Gasteiger partial charge in [0.15, 0.2) is 5.69 Å². The molecule has 0 unspecified atom stereocenters. The second-order valence-corrected chi connectivity index (χ2v) is 5.27. The molecule has 124 valence electrons. The van der Waals surface area contributed by atoms with Crippen LogP contribution in [0.5, 0.6) is 0 Å². The van der Waals surface area contributed by atoms with Crippen LogP contribution in [0.15, 0.2) is 30.5 Å². The quantitative estimate of drug-likeness (QED) is 0.931. The Balaban J connectivity index is 2.28. The average Bonchev–Trinajstić information content (AvgIpc) is 2.91. The van der Waals surface area contributed by atoms with Crippen molar-refractivity contribution in [2.45, 2.75) is 39.5 Å². The van der Waals surface area contributed by atoms with E-state index in [4.69, 9.17) is 0 Å². The number of hydrogen-bond donors (Lipinski definition) is 1. The van der Waals surface area contributed by atoms with Crippen molar-refractivity contribution in [3.8, 4) is 0 Å². The lowest BCUT2D eigenvalue weighted by molar-refractivity contribution is -0.144. The zero-order valence-corrected chi connectivity index (χ0v) is 13.1. The van der Waals surface area contributed by atoms with E-state index in [0.717, 1.165) is 22.0 Å². The number of nitrogens with one attached hydrogen (secondary N) is 1. The predicted octanol–water partition coefficient (Wildman–Crippen LogP) is 3.72. The fourth-order valence-electron chi connectivity index (χ4n) is 2.52. The topological polar surface area (TPSA) is 46.9 Å². The van der Waals surface area contributed by atoms with E-state index in [1.54, 1.807) is 13.8 Å². The summed E-state index contributed by atoms with van der Waals surface area (Å²) < 4.78 is 40.3. The molecule has 0 saturated heterocycles. The molecular formula is C16H18F3N3O. The second kappa shape index (κ2) is 6.44. The fraction of sp³-hybridized carbons (Fsp3) is 0.375.